The van der Waals surface area contributed by atoms with E-state index in [-0.39, 0.29) is 11.8 Å². The maximum Gasteiger partial charge on any atom is 0.271 e. The first kappa shape index (κ1) is 26.4. The van der Waals surface area contributed by atoms with E-state index < -0.39 is 0 Å². The van der Waals surface area contributed by atoms with Gasteiger partial charge < -0.3 is 15.0 Å². The topological polar surface area (TPSA) is 86.3 Å². The minimum atomic E-state index is -0.301. The molecule has 178 valence electrons. The van der Waals surface area contributed by atoms with Crippen LogP contribution in [0.3, 0.4) is 0 Å². The minimum absolute atomic E-state index is 0.0928. The van der Waals surface area contributed by atoms with Crippen LogP contribution in [0.1, 0.15) is 10.4 Å². The van der Waals surface area contributed by atoms with Crippen molar-refractivity contribution in [2.24, 2.45) is 5.10 Å². The average molecular weight is 472 g/mol. The summed E-state index contributed by atoms with van der Waals surface area (Å²) in [7, 11) is 5.91. The molecule has 0 spiro atoms. The van der Waals surface area contributed by atoms with Gasteiger partial charge in [0.2, 0.25) is 5.91 Å². The Morgan fingerprint density at radius 1 is 1.03 bits per heavy atom. The molecule has 33 heavy (non-hydrogen) atoms. The van der Waals surface area contributed by atoms with Gasteiger partial charge in [-0.1, -0.05) is 18.2 Å². The van der Waals surface area contributed by atoms with Crippen LogP contribution in [0, 0.1) is 0 Å². The lowest BCUT2D eigenvalue weighted by molar-refractivity contribution is -0.117. The van der Waals surface area contributed by atoms with E-state index in [1.165, 1.54) is 0 Å². The van der Waals surface area contributed by atoms with Gasteiger partial charge in [-0.2, -0.15) is 16.9 Å². The molecule has 2 aromatic carbocycles. The normalized spacial score (nSPS) is 11.2. The Morgan fingerprint density at radius 3 is 2.45 bits per heavy atom. The maximum absolute atomic E-state index is 12.2. The molecule has 0 heterocycles. The van der Waals surface area contributed by atoms with Gasteiger partial charge in [-0.05, 0) is 57.5 Å². The first-order chi connectivity index (χ1) is 15.9. The third-order valence-electron chi connectivity index (χ3n) is 4.46. The maximum atomic E-state index is 12.2. The van der Waals surface area contributed by atoms with Gasteiger partial charge in [0.15, 0.2) is 0 Å². The number of carbonyl (C=O) groups excluding carboxylic acids is 2. The molecule has 0 saturated carbocycles. The molecule has 0 atom stereocenters. The molecule has 8 nitrogen and oxygen atoms in total. The molecule has 0 aromatic heterocycles. The summed E-state index contributed by atoms with van der Waals surface area (Å²) < 4.78 is 5.61. The van der Waals surface area contributed by atoms with Crippen molar-refractivity contribution >= 4 is 35.5 Å². The van der Waals surface area contributed by atoms with E-state index in [0.29, 0.717) is 30.2 Å². The predicted molar refractivity (Wildman–Crippen MR) is 136 cm³/mol. The summed E-state index contributed by atoms with van der Waals surface area (Å²) in [6, 6.07) is 16.4. The van der Waals surface area contributed by atoms with E-state index in [2.05, 4.69) is 20.7 Å². The molecule has 0 saturated heterocycles. The van der Waals surface area contributed by atoms with Gasteiger partial charge in [0.1, 0.15) is 5.75 Å². The molecule has 0 aliphatic carbocycles. The second-order valence-electron chi connectivity index (χ2n) is 7.66. The van der Waals surface area contributed by atoms with Gasteiger partial charge in [0.05, 0.1) is 13.2 Å². The van der Waals surface area contributed by atoms with Crippen LogP contribution < -0.4 is 15.5 Å². The van der Waals surface area contributed by atoms with E-state index >= 15 is 0 Å². The number of thioether (sulfide) groups is 1. The number of benzene rings is 2. The SMILES string of the molecule is CN(C)CCN(C)CC(=O)Nc1ccc(C(=O)N/N=C/CSCCOc2ccccc2)cc1. The molecule has 9 heteroatoms. The fraction of sp³-hybridized carbons (Fsp3) is 0.375. The van der Waals surface area contributed by atoms with Crippen molar-refractivity contribution in [2.75, 3.05) is 64.2 Å². The highest BCUT2D eigenvalue weighted by Crippen LogP contribution is 2.10. The molecular formula is C24H33N5O3S. The molecule has 2 aromatic rings. The lowest BCUT2D eigenvalue weighted by Gasteiger charge is -2.18. The van der Waals surface area contributed by atoms with Crippen LogP contribution in [0.15, 0.2) is 59.7 Å². The van der Waals surface area contributed by atoms with E-state index in [9.17, 15) is 9.59 Å². The Labute approximate surface area is 200 Å². The largest absolute Gasteiger partial charge is 0.493 e. The second-order valence-corrected chi connectivity index (χ2v) is 8.81. The number of rotatable bonds is 14. The number of ether oxygens (including phenoxy) is 1. The molecule has 2 rings (SSSR count). The third kappa shape index (κ3) is 11.5. The van der Waals surface area contributed by atoms with Crippen LogP contribution in [0.2, 0.25) is 0 Å². The first-order valence-electron chi connectivity index (χ1n) is 10.7. The number of anilines is 1. The number of carbonyl (C=O) groups is 2. The zero-order valence-electron chi connectivity index (χ0n) is 19.5. The molecular weight excluding hydrogens is 438 g/mol. The van der Waals surface area contributed by atoms with Gasteiger partial charge in [-0.25, -0.2) is 5.43 Å². The van der Waals surface area contributed by atoms with Gasteiger partial charge in [-0.3, -0.25) is 14.5 Å². The smallest absolute Gasteiger partial charge is 0.271 e. The lowest BCUT2D eigenvalue weighted by atomic mass is 10.2. The summed E-state index contributed by atoms with van der Waals surface area (Å²) >= 11 is 1.66. The number of nitrogens with one attached hydrogen (secondary N) is 2. The Kier molecular flexibility index (Phi) is 12.0. The van der Waals surface area contributed by atoms with Gasteiger partial charge in [0, 0.05) is 42.1 Å². The van der Waals surface area contributed by atoms with Crippen molar-refractivity contribution in [1.82, 2.24) is 15.2 Å². The summed E-state index contributed by atoms with van der Waals surface area (Å²) in [5.41, 5.74) is 3.63. The minimum Gasteiger partial charge on any atom is -0.493 e. The number of hydrogen-bond acceptors (Lipinski definition) is 7. The van der Waals surface area contributed by atoms with E-state index in [4.69, 9.17) is 4.74 Å². The Hall–Kier alpha value is -2.88. The highest BCUT2D eigenvalue weighted by atomic mass is 32.2. The molecule has 0 aliphatic rings. The summed E-state index contributed by atoms with van der Waals surface area (Å²) in [5.74, 6) is 1.96. The summed E-state index contributed by atoms with van der Waals surface area (Å²) in [4.78, 5) is 28.4. The Bertz CT molecular complexity index is 875. The van der Waals surface area contributed by atoms with Crippen molar-refractivity contribution in [3.63, 3.8) is 0 Å². The zero-order valence-corrected chi connectivity index (χ0v) is 20.3. The highest BCUT2D eigenvalue weighted by Gasteiger charge is 2.08. The zero-order chi connectivity index (χ0) is 23.9. The summed E-state index contributed by atoms with van der Waals surface area (Å²) in [6.45, 7) is 2.61. The summed E-state index contributed by atoms with van der Waals surface area (Å²) in [5, 5.41) is 6.82. The van der Waals surface area contributed by atoms with E-state index in [0.717, 1.165) is 24.6 Å². The Balaban J connectivity index is 1.62. The second kappa shape index (κ2) is 15.0. The van der Waals surface area contributed by atoms with Crippen LogP contribution in [0.5, 0.6) is 5.75 Å². The molecule has 0 radical (unpaired) electrons. The molecule has 0 aliphatic heterocycles. The van der Waals surface area contributed by atoms with Crippen LogP contribution >= 0.6 is 11.8 Å². The summed E-state index contributed by atoms with van der Waals surface area (Å²) in [6.07, 6.45) is 1.66. The Morgan fingerprint density at radius 2 is 1.76 bits per heavy atom. The van der Waals surface area contributed by atoms with Crippen LogP contribution in [0.4, 0.5) is 5.69 Å². The number of hydrogen-bond donors (Lipinski definition) is 2. The fourth-order valence-corrected chi connectivity index (χ4v) is 3.23. The quantitative estimate of drug-likeness (QED) is 0.250. The monoisotopic (exact) mass is 471 g/mol. The molecule has 0 unspecified atom stereocenters. The van der Waals surface area contributed by atoms with Crippen molar-refractivity contribution in [3.05, 3.63) is 60.2 Å². The highest BCUT2D eigenvalue weighted by molar-refractivity contribution is 7.99. The van der Waals surface area contributed by atoms with Crippen LogP contribution in [-0.4, -0.2) is 86.7 Å². The number of amides is 2. The number of likely N-dealkylation sites (N-methyl/N-ethyl adjacent to an activating group) is 2. The van der Waals surface area contributed by atoms with Gasteiger partial charge >= 0.3 is 0 Å². The molecule has 0 fully saturated rings. The molecule has 2 N–H and O–H groups in total. The standard InChI is InChI=1S/C24H33N5O3S/c1-28(2)14-15-29(3)19-23(30)26-21-11-9-20(10-12-21)24(31)27-25-13-17-33-18-16-32-22-7-5-4-6-8-22/h4-13H,14-19H2,1-3H3,(H,26,30)(H,27,31)/b25-13+. The number of para-hydroxylation sites is 1. The number of hydrazone groups is 1. The van der Waals surface area contributed by atoms with Crippen molar-refractivity contribution in [1.29, 1.82) is 0 Å². The van der Waals surface area contributed by atoms with Crippen molar-refractivity contribution in [2.45, 2.75) is 0 Å². The third-order valence-corrected chi connectivity index (χ3v) is 5.30. The van der Waals surface area contributed by atoms with E-state index in [1.54, 1.807) is 42.2 Å². The van der Waals surface area contributed by atoms with Crippen molar-refractivity contribution < 1.29 is 14.3 Å². The van der Waals surface area contributed by atoms with E-state index in [1.807, 2.05) is 56.4 Å². The van der Waals surface area contributed by atoms with Crippen LogP contribution in [0.25, 0.3) is 0 Å². The number of nitrogens with zero attached hydrogens (tertiary/aromatic N) is 3. The first-order valence-corrected chi connectivity index (χ1v) is 11.9. The van der Waals surface area contributed by atoms with Gasteiger partial charge in [-0.15, -0.1) is 0 Å². The fourth-order valence-electron chi connectivity index (χ4n) is 2.68. The molecule has 0 bridgehead atoms. The van der Waals surface area contributed by atoms with Crippen molar-refractivity contribution in [3.8, 4) is 5.75 Å². The average Bonchev–Trinajstić information content (AvgIpc) is 2.80. The predicted octanol–water partition coefficient (Wildman–Crippen LogP) is 2.65. The van der Waals surface area contributed by atoms with Crippen LogP contribution in [-0.2, 0) is 4.79 Å². The van der Waals surface area contributed by atoms with Gasteiger partial charge in [0.25, 0.3) is 5.91 Å². The lowest BCUT2D eigenvalue weighted by Crippen LogP contribution is -2.34. The molecule has 2 amide bonds.